The van der Waals surface area contributed by atoms with E-state index < -0.39 is 9.04 Å². The Hall–Kier alpha value is -0.863. The van der Waals surface area contributed by atoms with Crippen LogP contribution in [0.1, 0.15) is 25.3 Å². The lowest BCUT2D eigenvalue weighted by Gasteiger charge is -2.23. The van der Waals surface area contributed by atoms with Crippen LogP contribution in [0.3, 0.4) is 0 Å². The van der Waals surface area contributed by atoms with Crippen LogP contribution < -0.4 is 5.19 Å². The average Bonchev–Trinajstić information content (AvgIpc) is 2.30. The van der Waals surface area contributed by atoms with Crippen LogP contribution >= 0.6 is 0 Å². The zero-order valence-electron chi connectivity index (χ0n) is 9.33. The maximum Gasteiger partial charge on any atom is 0.208 e. The molecule has 0 N–H and O–H groups in total. The van der Waals surface area contributed by atoms with E-state index in [1.807, 2.05) is 0 Å². The Morgan fingerprint density at radius 2 is 2.13 bits per heavy atom. The molecule has 1 unspecified atom stereocenters. The highest BCUT2D eigenvalue weighted by Gasteiger charge is 2.20. The van der Waals surface area contributed by atoms with Gasteiger partial charge >= 0.3 is 0 Å². The van der Waals surface area contributed by atoms with E-state index in [4.69, 9.17) is 4.43 Å². The minimum atomic E-state index is -1.14. The van der Waals surface area contributed by atoms with Crippen molar-refractivity contribution in [3.8, 4) is 0 Å². The van der Waals surface area contributed by atoms with Crippen molar-refractivity contribution in [1.82, 2.24) is 0 Å². The maximum absolute atomic E-state index is 5.95. The minimum absolute atomic E-state index is 0.960. The van der Waals surface area contributed by atoms with Gasteiger partial charge in [-0.25, -0.2) is 0 Å². The van der Waals surface area contributed by atoms with E-state index in [-0.39, 0.29) is 0 Å². The number of rotatable bonds is 2. The van der Waals surface area contributed by atoms with Gasteiger partial charge in [-0.2, -0.15) is 0 Å². The second-order valence-corrected chi connectivity index (χ2v) is 6.73. The molecule has 0 saturated carbocycles. The van der Waals surface area contributed by atoms with Crippen LogP contribution in [0, 0.1) is 0 Å². The zero-order valence-corrected chi connectivity index (χ0v) is 10.5. The van der Waals surface area contributed by atoms with Crippen LogP contribution in [-0.2, 0) is 4.43 Å². The highest BCUT2D eigenvalue weighted by molar-refractivity contribution is 6.68. The zero-order chi connectivity index (χ0) is 10.7. The number of hydrogen-bond donors (Lipinski definition) is 0. The first-order valence-corrected chi connectivity index (χ1v) is 7.52. The largest absolute Gasteiger partial charge is 0.415 e. The maximum atomic E-state index is 5.95. The van der Waals surface area contributed by atoms with Crippen molar-refractivity contribution in [2.45, 2.75) is 25.8 Å². The highest BCUT2D eigenvalue weighted by atomic mass is 28.3. The Morgan fingerprint density at radius 1 is 1.33 bits per heavy atom. The first-order valence-electron chi connectivity index (χ1n) is 5.65. The molecule has 0 radical (unpaired) electrons. The van der Waals surface area contributed by atoms with Crippen LogP contribution in [0.4, 0.5) is 0 Å². The van der Waals surface area contributed by atoms with E-state index in [0.29, 0.717) is 0 Å². The molecule has 1 nitrogen and oxygen atoms in total. The summed E-state index contributed by atoms with van der Waals surface area (Å²) in [6, 6.07) is 9.89. The summed E-state index contributed by atoms with van der Waals surface area (Å²) in [6.07, 6.45) is 2.57. The van der Waals surface area contributed by atoms with E-state index >= 15 is 0 Å². The predicted octanol–water partition coefficient (Wildman–Crippen LogP) is 2.46. The van der Waals surface area contributed by atoms with Crippen molar-refractivity contribution >= 4 is 19.8 Å². The molecular formula is C13H18OSi. The lowest BCUT2D eigenvalue weighted by molar-refractivity contribution is 0.294. The van der Waals surface area contributed by atoms with Gasteiger partial charge in [0.2, 0.25) is 9.04 Å². The van der Waals surface area contributed by atoms with Gasteiger partial charge in [0, 0.05) is 6.61 Å². The Labute approximate surface area is 93.5 Å². The van der Waals surface area contributed by atoms with Gasteiger partial charge in [-0.3, -0.25) is 0 Å². The summed E-state index contributed by atoms with van der Waals surface area (Å²) >= 11 is 0. The summed E-state index contributed by atoms with van der Waals surface area (Å²) < 4.78 is 5.95. The fourth-order valence-electron chi connectivity index (χ4n) is 2.15. The van der Waals surface area contributed by atoms with E-state index in [0.717, 1.165) is 12.2 Å². The summed E-state index contributed by atoms with van der Waals surface area (Å²) in [5.74, 6) is 0. The molecule has 1 aromatic carbocycles. The van der Waals surface area contributed by atoms with Gasteiger partial charge < -0.3 is 4.43 Å². The van der Waals surface area contributed by atoms with Crippen LogP contribution in [0.5, 0.6) is 0 Å². The van der Waals surface area contributed by atoms with Crippen molar-refractivity contribution in [3.63, 3.8) is 0 Å². The Bertz CT molecular complexity index is 353. The molecule has 1 atom stereocenters. The molecule has 2 heteroatoms. The molecule has 1 aliphatic rings. The summed E-state index contributed by atoms with van der Waals surface area (Å²) in [7, 11) is -1.14. The molecule has 80 valence electrons. The fourth-order valence-corrected chi connectivity index (χ4v) is 4.94. The molecule has 1 saturated heterocycles. The van der Waals surface area contributed by atoms with Crippen LogP contribution in [-0.4, -0.2) is 15.6 Å². The third-order valence-electron chi connectivity index (χ3n) is 2.95. The predicted molar refractivity (Wildman–Crippen MR) is 67.9 cm³/mol. The summed E-state index contributed by atoms with van der Waals surface area (Å²) in [5.41, 5.74) is 2.48. The average molecular weight is 218 g/mol. The van der Waals surface area contributed by atoms with Gasteiger partial charge in [0.05, 0.1) is 0 Å². The minimum Gasteiger partial charge on any atom is -0.415 e. The van der Waals surface area contributed by atoms with E-state index in [2.05, 4.69) is 37.8 Å². The molecule has 0 aliphatic carbocycles. The fraction of sp³-hybridized carbons (Fsp3) is 0.385. The second kappa shape index (κ2) is 4.77. The third-order valence-corrected chi connectivity index (χ3v) is 5.72. The van der Waals surface area contributed by atoms with E-state index in [9.17, 15) is 0 Å². The van der Waals surface area contributed by atoms with Gasteiger partial charge in [-0.1, -0.05) is 42.8 Å². The Balaban J connectivity index is 2.29. The summed E-state index contributed by atoms with van der Waals surface area (Å²) in [4.78, 5) is 0. The molecule has 0 bridgehead atoms. The molecule has 0 aromatic heterocycles. The molecule has 0 spiro atoms. The molecule has 2 rings (SSSR count). The second-order valence-electron chi connectivity index (χ2n) is 4.22. The van der Waals surface area contributed by atoms with Gasteiger partial charge in [-0.05, 0) is 30.1 Å². The topological polar surface area (TPSA) is 9.23 Å². The smallest absolute Gasteiger partial charge is 0.208 e. The number of benzene rings is 1. The van der Waals surface area contributed by atoms with Crippen LogP contribution in [0.25, 0.3) is 5.57 Å². The van der Waals surface area contributed by atoms with Crippen molar-refractivity contribution in [1.29, 1.82) is 0 Å². The van der Waals surface area contributed by atoms with Gasteiger partial charge in [0.25, 0.3) is 0 Å². The first-order chi connectivity index (χ1) is 7.29. The Kier molecular flexibility index (Phi) is 3.39. The van der Waals surface area contributed by atoms with Gasteiger partial charge in [-0.15, -0.1) is 0 Å². The summed E-state index contributed by atoms with van der Waals surface area (Å²) in [6.45, 7) is 7.09. The lowest BCUT2D eigenvalue weighted by atomic mass is 10.1. The van der Waals surface area contributed by atoms with Gasteiger partial charge in [0.15, 0.2) is 0 Å². The molecule has 1 aromatic rings. The Morgan fingerprint density at radius 3 is 2.80 bits per heavy atom. The van der Waals surface area contributed by atoms with Crippen LogP contribution in [0.2, 0.25) is 6.04 Å². The van der Waals surface area contributed by atoms with Crippen LogP contribution in [0.15, 0.2) is 30.8 Å². The quantitative estimate of drug-likeness (QED) is 0.693. The number of allylic oxidation sites excluding steroid dienone is 1. The third kappa shape index (κ3) is 2.39. The van der Waals surface area contributed by atoms with Crippen molar-refractivity contribution in [3.05, 3.63) is 36.4 Å². The van der Waals surface area contributed by atoms with E-state index in [1.165, 1.54) is 29.6 Å². The molecule has 1 fully saturated rings. The molecule has 15 heavy (non-hydrogen) atoms. The van der Waals surface area contributed by atoms with Gasteiger partial charge in [0.1, 0.15) is 0 Å². The number of hydrogen-bond acceptors (Lipinski definition) is 1. The summed E-state index contributed by atoms with van der Waals surface area (Å²) in [5, 5.41) is 1.45. The monoisotopic (exact) mass is 218 g/mol. The van der Waals surface area contributed by atoms with E-state index in [1.54, 1.807) is 0 Å². The first kappa shape index (κ1) is 10.6. The normalized spacial score (nSPS) is 21.3. The van der Waals surface area contributed by atoms with Crippen molar-refractivity contribution in [2.75, 3.05) is 6.61 Å². The SMILES string of the molecule is C=C(C)c1ccccc1[SiH]1CCCCO1. The van der Waals surface area contributed by atoms with Crippen molar-refractivity contribution in [2.24, 2.45) is 0 Å². The highest BCUT2D eigenvalue weighted by Crippen LogP contribution is 2.15. The van der Waals surface area contributed by atoms with Crippen molar-refractivity contribution < 1.29 is 4.43 Å². The lowest BCUT2D eigenvalue weighted by Crippen LogP contribution is -2.38. The molecule has 1 heterocycles. The molecule has 1 aliphatic heterocycles. The molecule has 0 amide bonds. The molecular weight excluding hydrogens is 200 g/mol. The standard InChI is InChI=1S/C13H18OSi/c1-11(2)12-7-3-4-8-13(12)15-10-6-5-9-14-15/h3-4,7-8,15H,1,5-6,9-10H2,2H3.